The van der Waals surface area contributed by atoms with Crippen molar-refractivity contribution in [1.29, 1.82) is 0 Å². The molecule has 0 saturated heterocycles. The van der Waals surface area contributed by atoms with E-state index in [1.54, 1.807) is 21.6 Å². The van der Waals surface area contributed by atoms with Gasteiger partial charge in [0.25, 0.3) is 0 Å². The molecule has 8 heteroatoms. The summed E-state index contributed by atoms with van der Waals surface area (Å²) in [6.45, 7) is 0. The minimum atomic E-state index is 0.880. The van der Waals surface area contributed by atoms with Gasteiger partial charge in [-0.25, -0.2) is 0 Å². The average molecular weight is 345 g/mol. The molecule has 0 aromatic carbocycles. The second kappa shape index (κ2) is 21.1. The Balaban J connectivity index is 0. The maximum Gasteiger partial charge on any atom is 0.0466 e. The Morgan fingerprint density at radius 1 is 0.571 bits per heavy atom. The van der Waals surface area contributed by atoms with Crippen LogP contribution in [0.15, 0.2) is 0 Å². The van der Waals surface area contributed by atoms with E-state index in [1.165, 1.54) is 0 Å². The topological polar surface area (TPSA) is 0 Å². The van der Waals surface area contributed by atoms with Crippen molar-refractivity contribution in [2.24, 2.45) is 0 Å². The normalized spacial score (nSPS) is 9.43. The fourth-order valence-corrected chi connectivity index (χ4v) is 5.09. The van der Waals surface area contributed by atoms with Crippen LogP contribution in [0.5, 0.6) is 0 Å². The summed E-state index contributed by atoms with van der Waals surface area (Å²) in [7, 11) is 7.16. The molecule has 0 radical (unpaired) electrons. The zero-order chi connectivity index (χ0) is 11.1. The number of rotatable bonds is 8. The first-order valence-electron chi connectivity index (χ1n) is 3.75. The van der Waals surface area contributed by atoms with Crippen LogP contribution in [0.25, 0.3) is 0 Å². The third-order valence-corrected chi connectivity index (χ3v) is 7.49. The highest BCUT2D eigenvalue weighted by Crippen LogP contribution is 2.22. The molecule has 0 spiro atoms. The summed E-state index contributed by atoms with van der Waals surface area (Å²) >= 11 is 16.1. The van der Waals surface area contributed by atoms with E-state index in [4.69, 9.17) is 0 Å². The Bertz CT molecular complexity index is 70.2. The van der Waals surface area contributed by atoms with Gasteiger partial charge in [-0.3, -0.25) is 0 Å². The van der Waals surface area contributed by atoms with E-state index in [-0.39, 0.29) is 0 Å². The highest BCUT2D eigenvalue weighted by atomic mass is 33.1. The summed E-state index contributed by atoms with van der Waals surface area (Å²) < 4.78 is 0. The van der Waals surface area contributed by atoms with Crippen LogP contribution in [-0.2, 0) is 0 Å². The van der Waals surface area contributed by atoms with Gasteiger partial charge in [-0.1, -0.05) is 43.2 Å². The van der Waals surface area contributed by atoms with E-state index in [9.17, 15) is 0 Å². The van der Waals surface area contributed by atoms with Crippen molar-refractivity contribution in [2.45, 2.75) is 0 Å². The summed E-state index contributed by atoms with van der Waals surface area (Å²) in [5, 5.41) is 1.76. The fourth-order valence-electron chi connectivity index (χ4n) is 0.267. The van der Waals surface area contributed by atoms with Crippen molar-refractivity contribution in [3.8, 4) is 0 Å². The Morgan fingerprint density at radius 3 is 1.14 bits per heavy atom. The first-order valence-corrected chi connectivity index (χ1v) is 11.3. The van der Waals surface area contributed by atoms with E-state index >= 15 is 0 Å². The predicted molar refractivity (Wildman–Crippen MR) is 95.5 cm³/mol. The van der Waals surface area contributed by atoms with Crippen LogP contribution in [-0.4, -0.2) is 33.2 Å². The molecule has 0 saturated carbocycles. The molecule has 0 rings (SSSR count). The van der Waals surface area contributed by atoms with Gasteiger partial charge in [-0.05, 0) is 0 Å². The molecule has 0 bridgehead atoms. The highest BCUT2D eigenvalue weighted by Gasteiger charge is 1.84. The molecule has 0 amide bonds. The lowest BCUT2D eigenvalue weighted by molar-refractivity contribution is 1.57. The Hall–Kier alpha value is 2.80. The molecule has 0 N–H and O–H groups in total. The predicted octanol–water partition coefficient (Wildman–Crippen LogP) is 4.37. The Morgan fingerprint density at radius 2 is 0.929 bits per heavy atom. The lowest BCUT2D eigenvalue weighted by Crippen LogP contribution is -1.77. The van der Waals surface area contributed by atoms with Crippen LogP contribution in [0.2, 0.25) is 0 Å². The van der Waals surface area contributed by atoms with Gasteiger partial charge in [-0.2, -0.15) is 50.5 Å². The van der Waals surface area contributed by atoms with Crippen molar-refractivity contribution in [1.82, 2.24) is 0 Å². The van der Waals surface area contributed by atoms with Gasteiger partial charge in [0.15, 0.2) is 0 Å². The summed E-state index contributed by atoms with van der Waals surface area (Å²) in [5.74, 6) is 4.23. The zero-order valence-corrected chi connectivity index (χ0v) is 14.5. The molecular weight excluding hydrogens is 329 g/mol. The molecule has 0 fully saturated rings. The SMILES string of the molecule is SCCSSCCS.SCSSCS. The second-order valence-electron chi connectivity index (χ2n) is 1.59. The molecule has 88 valence electrons. The molecule has 0 atom stereocenters. The summed E-state index contributed by atoms with van der Waals surface area (Å²) in [6, 6.07) is 0. The molecule has 14 heavy (non-hydrogen) atoms. The summed E-state index contributed by atoms with van der Waals surface area (Å²) in [6.07, 6.45) is 0. The van der Waals surface area contributed by atoms with Gasteiger partial charge in [0.1, 0.15) is 0 Å². The first-order chi connectivity index (χ1) is 6.83. The maximum absolute atomic E-state index is 4.07. The summed E-state index contributed by atoms with van der Waals surface area (Å²) in [4.78, 5) is 0. The van der Waals surface area contributed by atoms with Gasteiger partial charge in [0.05, 0.1) is 0 Å². The Labute approximate surface area is 125 Å². The smallest absolute Gasteiger partial charge is 0.0466 e. The van der Waals surface area contributed by atoms with E-state index in [0.717, 1.165) is 33.2 Å². The zero-order valence-electron chi connectivity index (χ0n) is 7.66. The first kappa shape index (κ1) is 19.1. The number of hydrogen-bond acceptors (Lipinski definition) is 8. The Kier molecular flexibility index (Phi) is 28.9. The lowest BCUT2D eigenvalue weighted by Gasteiger charge is -1.93. The minimum absolute atomic E-state index is 0.880. The van der Waals surface area contributed by atoms with E-state index < -0.39 is 0 Å². The quantitative estimate of drug-likeness (QED) is 0.223. The molecule has 0 heterocycles. The second-order valence-corrected chi connectivity index (χ2v) is 9.13. The van der Waals surface area contributed by atoms with Gasteiger partial charge in [0.2, 0.25) is 0 Å². The van der Waals surface area contributed by atoms with Gasteiger partial charge >= 0.3 is 0 Å². The minimum Gasteiger partial charge on any atom is -0.178 e. The van der Waals surface area contributed by atoms with Crippen molar-refractivity contribution in [3.05, 3.63) is 0 Å². The van der Waals surface area contributed by atoms with Crippen molar-refractivity contribution >= 4 is 93.7 Å². The fraction of sp³-hybridized carbons (Fsp3) is 1.00. The van der Waals surface area contributed by atoms with Crippen LogP contribution < -0.4 is 0 Å². The third kappa shape index (κ3) is 24.2. The van der Waals surface area contributed by atoms with Crippen LogP contribution in [0, 0.1) is 0 Å². The molecule has 0 aliphatic carbocycles. The van der Waals surface area contributed by atoms with Crippen LogP contribution in [0.3, 0.4) is 0 Å². The molecule has 0 aliphatic heterocycles. The van der Waals surface area contributed by atoms with Crippen molar-refractivity contribution in [2.75, 3.05) is 33.2 Å². The van der Waals surface area contributed by atoms with Gasteiger partial charge in [0, 0.05) is 33.2 Å². The van der Waals surface area contributed by atoms with Crippen LogP contribution in [0.4, 0.5) is 0 Å². The van der Waals surface area contributed by atoms with Gasteiger partial charge < -0.3 is 0 Å². The van der Waals surface area contributed by atoms with Crippen LogP contribution in [0.1, 0.15) is 0 Å². The maximum atomic E-state index is 4.07. The number of hydrogen-bond donors (Lipinski definition) is 4. The molecule has 0 unspecified atom stereocenters. The largest absolute Gasteiger partial charge is 0.178 e. The highest BCUT2D eigenvalue weighted by molar-refractivity contribution is 8.79. The van der Waals surface area contributed by atoms with Crippen molar-refractivity contribution in [3.63, 3.8) is 0 Å². The van der Waals surface area contributed by atoms with Crippen molar-refractivity contribution < 1.29 is 0 Å². The van der Waals surface area contributed by atoms with E-state index in [0.29, 0.717) is 0 Å². The molecule has 0 aliphatic rings. The van der Waals surface area contributed by atoms with E-state index in [2.05, 4.69) is 50.5 Å². The monoisotopic (exact) mass is 344 g/mol. The molecule has 0 nitrogen and oxygen atoms in total. The number of thiol groups is 4. The lowest BCUT2D eigenvalue weighted by atomic mass is 11.0. The van der Waals surface area contributed by atoms with Gasteiger partial charge in [-0.15, -0.1) is 0 Å². The molecular formula is C6H16S8. The van der Waals surface area contributed by atoms with Crippen LogP contribution >= 0.6 is 93.7 Å². The molecule has 0 aromatic heterocycles. The van der Waals surface area contributed by atoms with E-state index in [1.807, 2.05) is 21.6 Å². The third-order valence-electron chi connectivity index (χ3n) is 0.621. The standard InChI is InChI=1S/C4H10S4.C2H6S4/c5-1-3-7-8-4-2-6;3-1-5-6-2-4/h5-6H,1-4H2;3-4H,1-2H2. The summed E-state index contributed by atoms with van der Waals surface area (Å²) in [5.41, 5.74) is 0. The average Bonchev–Trinajstić information content (AvgIpc) is 2.22. The molecule has 0 aromatic rings.